The van der Waals surface area contributed by atoms with Gasteiger partial charge >= 0.3 is 0 Å². The Balaban J connectivity index is 1.78. The molecule has 134 valence electrons. The van der Waals surface area contributed by atoms with Gasteiger partial charge in [0.2, 0.25) is 5.43 Å². The highest BCUT2D eigenvalue weighted by atomic mass is 35.5. The van der Waals surface area contributed by atoms with Gasteiger partial charge in [-0.15, -0.1) is 0 Å². The van der Waals surface area contributed by atoms with Crippen LogP contribution in [0.2, 0.25) is 5.02 Å². The van der Waals surface area contributed by atoms with E-state index in [1.807, 2.05) is 32.0 Å². The van der Waals surface area contributed by atoms with Crippen LogP contribution in [-0.4, -0.2) is 5.91 Å². The van der Waals surface area contributed by atoms with Gasteiger partial charge in [-0.3, -0.25) is 9.59 Å². The normalized spacial score (nSPS) is 11.1. The first-order valence-corrected chi connectivity index (χ1v) is 8.85. The Hall–Kier alpha value is -3.11. The van der Waals surface area contributed by atoms with E-state index in [9.17, 15) is 9.59 Å². The van der Waals surface area contributed by atoms with Crippen molar-refractivity contribution in [2.75, 3.05) is 5.32 Å². The van der Waals surface area contributed by atoms with Crippen LogP contribution >= 0.6 is 11.6 Å². The van der Waals surface area contributed by atoms with Gasteiger partial charge in [0.25, 0.3) is 5.91 Å². The Morgan fingerprint density at radius 3 is 2.52 bits per heavy atom. The van der Waals surface area contributed by atoms with Crippen LogP contribution in [0.5, 0.6) is 0 Å². The lowest BCUT2D eigenvalue weighted by Gasteiger charge is -2.08. The van der Waals surface area contributed by atoms with Gasteiger partial charge in [0.15, 0.2) is 0 Å². The summed E-state index contributed by atoms with van der Waals surface area (Å²) < 4.78 is 5.90. The molecule has 1 aromatic heterocycles. The number of carbonyl (C=O) groups excluding carboxylic acids is 1. The number of fused-ring (bicyclic) bond motifs is 2. The fraction of sp³-hybridized carbons (Fsp3) is 0.0909. The molecule has 4 nitrogen and oxygen atoms in total. The number of anilines is 1. The molecule has 0 atom stereocenters. The van der Waals surface area contributed by atoms with Crippen LogP contribution in [0.15, 0.2) is 63.8 Å². The Bertz CT molecular complexity index is 1270. The smallest absolute Gasteiger partial charge is 0.255 e. The van der Waals surface area contributed by atoms with Gasteiger partial charge < -0.3 is 9.73 Å². The number of hydrogen-bond acceptors (Lipinski definition) is 3. The summed E-state index contributed by atoms with van der Waals surface area (Å²) in [5, 5.41) is 4.25. The van der Waals surface area contributed by atoms with E-state index in [0.29, 0.717) is 38.2 Å². The average molecular weight is 378 g/mol. The summed E-state index contributed by atoms with van der Waals surface area (Å²) in [6.07, 6.45) is 0. The molecule has 27 heavy (non-hydrogen) atoms. The number of hydrogen-bond donors (Lipinski definition) is 1. The third-order valence-corrected chi connectivity index (χ3v) is 4.90. The molecule has 5 heteroatoms. The van der Waals surface area contributed by atoms with Gasteiger partial charge in [-0.05, 0) is 55.8 Å². The number of nitrogens with one attached hydrogen (secondary N) is 1. The second-order valence-electron chi connectivity index (χ2n) is 6.56. The number of rotatable bonds is 2. The average Bonchev–Trinajstić information content (AvgIpc) is 2.63. The monoisotopic (exact) mass is 377 g/mol. The standard InChI is InChI=1S/C22H16ClNO3/c1-12-4-3-5-14(8-12)22(26)24-15-6-7-16-20(10-15)27-19-9-13(2)18(23)11-17(19)21(16)25/h3-11H,1-2H3,(H,24,26). The molecule has 0 aliphatic heterocycles. The summed E-state index contributed by atoms with van der Waals surface area (Å²) in [6, 6.07) is 15.7. The van der Waals surface area contributed by atoms with Crippen LogP contribution in [0, 0.1) is 13.8 Å². The van der Waals surface area contributed by atoms with E-state index in [1.54, 1.807) is 36.4 Å². The van der Waals surface area contributed by atoms with E-state index < -0.39 is 0 Å². The molecule has 0 aliphatic carbocycles. The summed E-state index contributed by atoms with van der Waals surface area (Å²) in [6.45, 7) is 3.78. The molecular weight excluding hydrogens is 362 g/mol. The van der Waals surface area contributed by atoms with Crippen molar-refractivity contribution < 1.29 is 9.21 Å². The molecule has 1 N–H and O–H groups in total. The highest BCUT2D eigenvalue weighted by Crippen LogP contribution is 2.26. The lowest BCUT2D eigenvalue weighted by molar-refractivity contribution is 0.102. The molecule has 0 bridgehead atoms. The zero-order valence-corrected chi connectivity index (χ0v) is 15.6. The predicted octanol–water partition coefficient (Wildman–Crippen LogP) is 5.47. The Kier molecular flexibility index (Phi) is 4.21. The van der Waals surface area contributed by atoms with Gasteiger partial charge in [-0.2, -0.15) is 0 Å². The van der Waals surface area contributed by atoms with E-state index in [4.69, 9.17) is 16.0 Å². The molecule has 0 aliphatic rings. The summed E-state index contributed by atoms with van der Waals surface area (Å²) >= 11 is 6.13. The zero-order chi connectivity index (χ0) is 19.1. The van der Waals surface area contributed by atoms with Gasteiger partial charge in [-0.1, -0.05) is 29.3 Å². The Morgan fingerprint density at radius 1 is 0.963 bits per heavy atom. The molecular formula is C22H16ClNO3. The van der Waals surface area contributed by atoms with E-state index in [1.165, 1.54) is 0 Å². The maximum Gasteiger partial charge on any atom is 0.255 e. The van der Waals surface area contributed by atoms with Crippen LogP contribution in [-0.2, 0) is 0 Å². The third kappa shape index (κ3) is 3.20. The number of amides is 1. The topological polar surface area (TPSA) is 59.3 Å². The first-order chi connectivity index (χ1) is 12.9. The number of halogens is 1. The van der Waals surface area contributed by atoms with Gasteiger partial charge in [0, 0.05) is 22.3 Å². The molecule has 1 amide bonds. The fourth-order valence-corrected chi connectivity index (χ4v) is 3.21. The largest absolute Gasteiger partial charge is 0.456 e. The molecule has 0 saturated heterocycles. The summed E-state index contributed by atoms with van der Waals surface area (Å²) in [5.74, 6) is -0.219. The van der Waals surface area contributed by atoms with Gasteiger partial charge in [-0.25, -0.2) is 0 Å². The van der Waals surface area contributed by atoms with Crippen LogP contribution in [0.3, 0.4) is 0 Å². The maximum atomic E-state index is 12.7. The molecule has 0 fully saturated rings. The molecule has 1 heterocycles. The number of benzene rings is 3. The Labute approximate surface area is 160 Å². The first kappa shape index (κ1) is 17.3. The van der Waals surface area contributed by atoms with E-state index in [0.717, 1.165) is 11.1 Å². The van der Waals surface area contributed by atoms with Crippen molar-refractivity contribution in [2.45, 2.75) is 13.8 Å². The van der Waals surface area contributed by atoms with Crippen molar-refractivity contribution in [3.8, 4) is 0 Å². The van der Waals surface area contributed by atoms with Crippen LogP contribution in [0.1, 0.15) is 21.5 Å². The molecule has 0 saturated carbocycles. The van der Waals surface area contributed by atoms with Crippen molar-refractivity contribution in [3.05, 3.63) is 86.5 Å². The predicted molar refractivity (Wildman–Crippen MR) is 109 cm³/mol. The van der Waals surface area contributed by atoms with E-state index in [2.05, 4.69) is 5.32 Å². The Morgan fingerprint density at radius 2 is 1.74 bits per heavy atom. The van der Waals surface area contributed by atoms with Crippen LogP contribution in [0.4, 0.5) is 5.69 Å². The second-order valence-corrected chi connectivity index (χ2v) is 6.97. The highest BCUT2D eigenvalue weighted by molar-refractivity contribution is 6.32. The van der Waals surface area contributed by atoms with Crippen molar-refractivity contribution in [1.29, 1.82) is 0 Å². The molecule has 3 aromatic carbocycles. The molecule has 4 rings (SSSR count). The molecule has 0 spiro atoms. The fourth-order valence-electron chi connectivity index (χ4n) is 3.04. The van der Waals surface area contributed by atoms with Gasteiger partial charge in [0.05, 0.1) is 10.8 Å². The summed E-state index contributed by atoms with van der Waals surface area (Å²) in [4.78, 5) is 25.2. The minimum absolute atomic E-state index is 0.148. The minimum Gasteiger partial charge on any atom is -0.456 e. The number of carbonyl (C=O) groups is 1. The van der Waals surface area contributed by atoms with E-state index in [-0.39, 0.29) is 11.3 Å². The SMILES string of the molecule is Cc1cccc(C(=O)Nc2ccc3c(=O)c4cc(Cl)c(C)cc4oc3c2)c1. The highest BCUT2D eigenvalue weighted by Gasteiger charge is 2.12. The lowest BCUT2D eigenvalue weighted by Crippen LogP contribution is -2.12. The maximum absolute atomic E-state index is 12.7. The van der Waals surface area contributed by atoms with E-state index >= 15 is 0 Å². The second kappa shape index (κ2) is 6.56. The number of aryl methyl sites for hydroxylation is 2. The van der Waals surface area contributed by atoms with Crippen molar-refractivity contribution in [3.63, 3.8) is 0 Å². The summed E-state index contributed by atoms with van der Waals surface area (Å²) in [5.41, 5.74) is 3.70. The molecule has 0 radical (unpaired) electrons. The van der Waals surface area contributed by atoms with Gasteiger partial charge in [0.1, 0.15) is 11.2 Å². The zero-order valence-electron chi connectivity index (χ0n) is 14.8. The van der Waals surface area contributed by atoms with Crippen LogP contribution in [0.25, 0.3) is 21.9 Å². The summed E-state index contributed by atoms with van der Waals surface area (Å²) in [7, 11) is 0. The van der Waals surface area contributed by atoms with Crippen molar-refractivity contribution in [2.24, 2.45) is 0 Å². The molecule has 4 aromatic rings. The first-order valence-electron chi connectivity index (χ1n) is 8.47. The lowest BCUT2D eigenvalue weighted by atomic mass is 10.1. The molecule has 0 unspecified atom stereocenters. The van der Waals surface area contributed by atoms with Crippen molar-refractivity contribution in [1.82, 2.24) is 0 Å². The minimum atomic E-state index is -0.219. The quantitative estimate of drug-likeness (QED) is 0.471. The van der Waals surface area contributed by atoms with Crippen molar-refractivity contribution >= 4 is 45.1 Å². The third-order valence-electron chi connectivity index (χ3n) is 4.49. The van der Waals surface area contributed by atoms with Crippen LogP contribution < -0.4 is 10.7 Å².